The summed E-state index contributed by atoms with van der Waals surface area (Å²) in [6.07, 6.45) is 6.22. The molecule has 0 spiro atoms. The number of aldehydes is 1. The Labute approximate surface area is 173 Å². The van der Waals surface area contributed by atoms with Crippen LogP contribution in [0, 0.1) is 26.1 Å². The summed E-state index contributed by atoms with van der Waals surface area (Å²) in [7, 11) is 0. The van der Waals surface area contributed by atoms with Crippen molar-refractivity contribution in [3.63, 3.8) is 0 Å². The first kappa shape index (κ1) is 19.9. The van der Waals surface area contributed by atoms with Crippen LogP contribution >= 0.6 is 0 Å². The van der Waals surface area contributed by atoms with Crippen LogP contribution in [0.15, 0.2) is 54.6 Å². The van der Waals surface area contributed by atoms with Crippen LogP contribution in [-0.2, 0) is 4.79 Å². The van der Waals surface area contributed by atoms with E-state index in [-0.39, 0.29) is 29.4 Å². The minimum absolute atomic E-state index is 0.00243. The summed E-state index contributed by atoms with van der Waals surface area (Å²) in [5, 5.41) is 22.9. The summed E-state index contributed by atoms with van der Waals surface area (Å²) in [5.41, 5.74) is 1.09. The molecule has 154 valence electrons. The van der Waals surface area contributed by atoms with E-state index in [0.29, 0.717) is 11.1 Å². The summed E-state index contributed by atoms with van der Waals surface area (Å²) >= 11 is 0. The van der Waals surface area contributed by atoms with E-state index in [1.807, 2.05) is 6.08 Å². The Balaban J connectivity index is 1.73. The van der Waals surface area contributed by atoms with Gasteiger partial charge in [-0.1, -0.05) is 42.5 Å². The molecule has 8 nitrogen and oxygen atoms in total. The summed E-state index contributed by atoms with van der Waals surface area (Å²) < 4.78 is 0. The number of hydrogen-bond acceptors (Lipinski definition) is 6. The van der Waals surface area contributed by atoms with Crippen molar-refractivity contribution in [2.24, 2.45) is 5.92 Å². The van der Waals surface area contributed by atoms with Crippen LogP contribution in [0.3, 0.4) is 0 Å². The van der Waals surface area contributed by atoms with Crippen molar-refractivity contribution in [1.82, 2.24) is 4.90 Å². The number of nitrogens with zero attached hydrogens (tertiary/aromatic N) is 3. The lowest BCUT2D eigenvalue weighted by atomic mass is 9.80. The fourth-order valence-corrected chi connectivity index (χ4v) is 5.01. The van der Waals surface area contributed by atoms with Gasteiger partial charge in [-0.3, -0.25) is 25.1 Å². The monoisotopic (exact) mass is 407 g/mol. The highest BCUT2D eigenvalue weighted by atomic mass is 16.6. The molecule has 30 heavy (non-hydrogen) atoms. The van der Waals surface area contributed by atoms with Gasteiger partial charge in [-0.05, 0) is 25.5 Å². The van der Waals surface area contributed by atoms with E-state index < -0.39 is 15.8 Å². The molecule has 0 aromatic heterocycles. The van der Waals surface area contributed by atoms with E-state index in [1.165, 1.54) is 12.1 Å². The van der Waals surface area contributed by atoms with E-state index in [2.05, 4.69) is 4.90 Å². The van der Waals surface area contributed by atoms with Gasteiger partial charge in [0.05, 0.1) is 15.4 Å². The van der Waals surface area contributed by atoms with Crippen molar-refractivity contribution < 1.29 is 14.6 Å². The van der Waals surface area contributed by atoms with Crippen molar-refractivity contribution in [3.8, 4) is 0 Å². The quantitative estimate of drug-likeness (QED) is 0.408. The van der Waals surface area contributed by atoms with E-state index >= 15 is 0 Å². The molecule has 8 heteroatoms. The summed E-state index contributed by atoms with van der Waals surface area (Å²) in [4.78, 5) is 36.4. The number of para-hydroxylation sites is 2. The van der Waals surface area contributed by atoms with Gasteiger partial charge in [-0.2, -0.15) is 0 Å². The van der Waals surface area contributed by atoms with Crippen LogP contribution in [-0.4, -0.2) is 39.7 Å². The molecule has 0 amide bonds. The van der Waals surface area contributed by atoms with E-state index in [0.717, 1.165) is 25.7 Å². The van der Waals surface area contributed by atoms with Crippen LogP contribution in [0.5, 0.6) is 0 Å². The number of hydrogen-bond donors (Lipinski definition) is 0. The highest BCUT2D eigenvalue weighted by molar-refractivity contribution is 5.65. The third-order valence-corrected chi connectivity index (χ3v) is 6.20. The minimum atomic E-state index is -0.463. The average Bonchev–Trinajstić information content (AvgIpc) is 3.32. The fourth-order valence-electron chi connectivity index (χ4n) is 5.01. The number of carbonyl (C=O) groups excluding carboxylic acids is 1. The average molecular weight is 407 g/mol. The molecule has 0 bridgehead atoms. The van der Waals surface area contributed by atoms with Gasteiger partial charge in [-0.15, -0.1) is 0 Å². The number of fused-ring (bicyclic) bond motifs is 1. The molecule has 4 atom stereocenters. The Morgan fingerprint density at radius 1 is 0.967 bits per heavy atom. The third-order valence-electron chi connectivity index (χ3n) is 6.20. The lowest BCUT2D eigenvalue weighted by Crippen LogP contribution is -2.32. The van der Waals surface area contributed by atoms with E-state index in [9.17, 15) is 25.0 Å². The maximum absolute atomic E-state index is 12.2. The van der Waals surface area contributed by atoms with Crippen molar-refractivity contribution in [3.05, 3.63) is 86.0 Å². The molecule has 0 radical (unpaired) electrons. The topological polar surface area (TPSA) is 107 Å². The van der Waals surface area contributed by atoms with Gasteiger partial charge >= 0.3 is 0 Å². The van der Waals surface area contributed by atoms with Crippen LogP contribution in [0.2, 0.25) is 0 Å². The molecular formula is C22H21N3O5. The Morgan fingerprint density at radius 3 is 2.33 bits per heavy atom. The van der Waals surface area contributed by atoms with Gasteiger partial charge in [0.1, 0.15) is 6.29 Å². The van der Waals surface area contributed by atoms with Gasteiger partial charge in [-0.25, -0.2) is 0 Å². The molecule has 4 rings (SSSR count). The summed E-state index contributed by atoms with van der Waals surface area (Å²) in [6.45, 7) is 0.790. The maximum Gasteiger partial charge on any atom is 0.276 e. The van der Waals surface area contributed by atoms with Crippen LogP contribution < -0.4 is 0 Å². The largest absolute Gasteiger partial charge is 0.303 e. The number of carbonyl (C=O) groups is 1. The molecule has 0 aliphatic carbocycles. The smallest absolute Gasteiger partial charge is 0.276 e. The zero-order valence-corrected chi connectivity index (χ0v) is 16.2. The molecular weight excluding hydrogens is 386 g/mol. The van der Waals surface area contributed by atoms with Gasteiger partial charge in [0.25, 0.3) is 11.4 Å². The molecule has 2 heterocycles. The molecule has 2 fully saturated rings. The first-order valence-electron chi connectivity index (χ1n) is 9.89. The van der Waals surface area contributed by atoms with Crippen LogP contribution in [0.1, 0.15) is 29.9 Å². The first-order valence-corrected chi connectivity index (χ1v) is 9.89. The van der Waals surface area contributed by atoms with Gasteiger partial charge in [0, 0.05) is 41.6 Å². The molecule has 2 aliphatic rings. The number of nitro groups is 2. The Kier molecular flexibility index (Phi) is 5.41. The predicted molar refractivity (Wildman–Crippen MR) is 111 cm³/mol. The highest BCUT2D eigenvalue weighted by Gasteiger charge is 2.51. The van der Waals surface area contributed by atoms with Gasteiger partial charge < -0.3 is 4.79 Å². The van der Waals surface area contributed by atoms with Gasteiger partial charge in [0.2, 0.25) is 0 Å². The molecule has 2 aromatic carbocycles. The second kappa shape index (κ2) is 8.16. The molecule has 0 saturated carbocycles. The van der Waals surface area contributed by atoms with Gasteiger partial charge in [0.15, 0.2) is 0 Å². The molecule has 2 aliphatic heterocycles. The third kappa shape index (κ3) is 3.39. The lowest BCUT2D eigenvalue weighted by Gasteiger charge is -2.22. The Hall–Kier alpha value is -3.39. The molecule has 2 aromatic rings. The Morgan fingerprint density at radius 2 is 1.63 bits per heavy atom. The van der Waals surface area contributed by atoms with E-state index in [1.54, 1.807) is 42.5 Å². The number of benzene rings is 2. The summed E-state index contributed by atoms with van der Waals surface area (Å²) in [6, 6.07) is 12.8. The predicted octanol–water partition coefficient (Wildman–Crippen LogP) is 3.96. The van der Waals surface area contributed by atoms with Crippen LogP contribution in [0.4, 0.5) is 11.4 Å². The standard InChI is InChI=1S/C22H21N3O5/c26-14-17-19(12-11-15-6-1-3-8-18(15)24(27)28)23-13-5-10-21(23)22(17)16-7-2-4-9-20(16)25(29)30/h1-4,6-9,11-12,14,17,19,21-22H,5,10,13H2/b12-11+/t17-,19-,21-,22+/m1/s1. The SMILES string of the molecule is O=C[C@H]1[C@H](c2ccccc2[N+](=O)[O-])[C@H]2CCCN2[C@@H]1/C=C/c1ccccc1[N+](=O)[O-]. The normalized spacial score (nSPS) is 26.0. The molecule has 0 unspecified atom stereocenters. The molecule has 0 N–H and O–H groups in total. The maximum atomic E-state index is 12.2. The zero-order valence-electron chi connectivity index (χ0n) is 16.2. The van der Waals surface area contributed by atoms with Crippen molar-refractivity contribution in [1.29, 1.82) is 0 Å². The summed E-state index contributed by atoms with van der Waals surface area (Å²) in [5.74, 6) is -0.748. The van der Waals surface area contributed by atoms with Crippen LogP contribution in [0.25, 0.3) is 6.08 Å². The van der Waals surface area contributed by atoms with E-state index in [4.69, 9.17) is 0 Å². The number of rotatable bonds is 6. The van der Waals surface area contributed by atoms with Crippen molar-refractivity contribution in [2.75, 3.05) is 6.54 Å². The highest BCUT2D eigenvalue weighted by Crippen LogP contribution is 2.48. The molecule has 2 saturated heterocycles. The second-order valence-corrected chi connectivity index (χ2v) is 7.67. The van der Waals surface area contributed by atoms with Crippen molar-refractivity contribution in [2.45, 2.75) is 30.8 Å². The zero-order chi connectivity index (χ0) is 21.3. The minimum Gasteiger partial charge on any atom is -0.303 e. The number of nitro benzene ring substituents is 2. The lowest BCUT2D eigenvalue weighted by molar-refractivity contribution is -0.385. The fraction of sp³-hybridized carbons (Fsp3) is 0.318. The Bertz CT molecular complexity index is 1020. The first-order chi connectivity index (χ1) is 14.5. The second-order valence-electron chi connectivity index (χ2n) is 7.67. The van der Waals surface area contributed by atoms with Crippen molar-refractivity contribution >= 4 is 23.7 Å².